The van der Waals surface area contributed by atoms with E-state index >= 15 is 0 Å². The fourth-order valence-electron chi connectivity index (χ4n) is 3.32. The van der Waals surface area contributed by atoms with Crippen LogP contribution in [-0.4, -0.2) is 23.7 Å². The fourth-order valence-corrected chi connectivity index (χ4v) is 4.03. The average Bonchev–Trinajstić information content (AvgIpc) is 2.65. The molecule has 18 heavy (non-hydrogen) atoms. The molecule has 1 aromatic rings. The van der Waals surface area contributed by atoms with Crippen LogP contribution in [0.15, 0.2) is 17.5 Å². The summed E-state index contributed by atoms with van der Waals surface area (Å²) in [6.07, 6.45) is 3.57. The van der Waals surface area contributed by atoms with Crippen LogP contribution in [0.2, 0.25) is 0 Å². The topological polar surface area (TPSA) is 24.1 Å². The van der Waals surface area contributed by atoms with Gasteiger partial charge in [-0.3, -0.25) is 0 Å². The van der Waals surface area contributed by atoms with E-state index in [0.29, 0.717) is 6.04 Å². The summed E-state index contributed by atoms with van der Waals surface area (Å²) >= 11 is 1.86. The molecule has 2 nitrogen and oxygen atoms in total. The fraction of sp³-hybridized carbons (Fsp3) is 0.733. The predicted octanol–water partition coefficient (Wildman–Crippen LogP) is 3.19. The summed E-state index contributed by atoms with van der Waals surface area (Å²) in [7, 11) is 0. The van der Waals surface area contributed by atoms with Crippen molar-refractivity contribution in [2.75, 3.05) is 6.54 Å². The van der Waals surface area contributed by atoms with Crippen LogP contribution in [0.25, 0.3) is 0 Å². The standard InChI is InChI=1S/C15H26N2S/c1-14(2)10-12(11-15(3,4)17-14)16-8-7-13-6-5-9-18-13/h5-6,9,12,16-17H,7-8,10-11H2,1-4H3. The molecule has 0 aromatic carbocycles. The van der Waals surface area contributed by atoms with Gasteiger partial charge in [-0.15, -0.1) is 11.3 Å². The Bertz CT molecular complexity index is 352. The number of hydrogen-bond donors (Lipinski definition) is 2. The van der Waals surface area contributed by atoms with Gasteiger partial charge in [0.1, 0.15) is 0 Å². The van der Waals surface area contributed by atoms with Gasteiger partial charge < -0.3 is 10.6 Å². The Labute approximate surface area is 115 Å². The number of nitrogens with one attached hydrogen (secondary N) is 2. The molecule has 2 heterocycles. The van der Waals surface area contributed by atoms with Gasteiger partial charge in [-0.05, 0) is 58.4 Å². The molecule has 1 saturated heterocycles. The van der Waals surface area contributed by atoms with E-state index in [1.54, 1.807) is 0 Å². The lowest BCUT2D eigenvalue weighted by atomic mass is 9.79. The molecular weight excluding hydrogens is 240 g/mol. The summed E-state index contributed by atoms with van der Waals surface area (Å²) in [6, 6.07) is 5.00. The molecule has 1 aliphatic heterocycles. The molecular formula is C15H26N2S. The minimum Gasteiger partial charge on any atom is -0.313 e. The molecule has 2 rings (SSSR count). The molecule has 1 aromatic heterocycles. The van der Waals surface area contributed by atoms with Gasteiger partial charge in [-0.1, -0.05) is 6.07 Å². The smallest absolute Gasteiger partial charge is 0.0144 e. The lowest BCUT2D eigenvalue weighted by Crippen LogP contribution is -2.61. The van der Waals surface area contributed by atoms with Crippen molar-refractivity contribution >= 4 is 11.3 Å². The van der Waals surface area contributed by atoms with Crippen molar-refractivity contribution in [1.29, 1.82) is 0 Å². The van der Waals surface area contributed by atoms with E-state index in [-0.39, 0.29) is 11.1 Å². The Morgan fingerprint density at radius 3 is 2.50 bits per heavy atom. The third kappa shape index (κ3) is 4.08. The van der Waals surface area contributed by atoms with Crippen LogP contribution in [0.4, 0.5) is 0 Å². The van der Waals surface area contributed by atoms with Crippen molar-refractivity contribution in [3.05, 3.63) is 22.4 Å². The minimum absolute atomic E-state index is 0.238. The number of thiophene rings is 1. The van der Waals surface area contributed by atoms with Gasteiger partial charge in [-0.2, -0.15) is 0 Å². The first-order valence-corrected chi connectivity index (χ1v) is 7.79. The summed E-state index contributed by atoms with van der Waals surface area (Å²) in [5.74, 6) is 0. The summed E-state index contributed by atoms with van der Waals surface area (Å²) in [6.45, 7) is 10.3. The first-order valence-electron chi connectivity index (χ1n) is 6.91. The Kier molecular flexibility index (Phi) is 4.15. The molecule has 0 bridgehead atoms. The van der Waals surface area contributed by atoms with Crippen LogP contribution in [0.3, 0.4) is 0 Å². The van der Waals surface area contributed by atoms with Gasteiger partial charge in [0.05, 0.1) is 0 Å². The zero-order valence-corrected chi connectivity index (χ0v) is 12.9. The maximum Gasteiger partial charge on any atom is 0.0144 e. The highest BCUT2D eigenvalue weighted by Crippen LogP contribution is 2.28. The van der Waals surface area contributed by atoms with E-state index in [1.165, 1.54) is 17.7 Å². The van der Waals surface area contributed by atoms with Crippen molar-refractivity contribution in [3.63, 3.8) is 0 Å². The first-order chi connectivity index (χ1) is 8.36. The van der Waals surface area contributed by atoms with Crippen molar-refractivity contribution in [3.8, 4) is 0 Å². The largest absolute Gasteiger partial charge is 0.313 e. The molecule has 0 amide bonds. The second kappa shape index (κ2) is 5.32. The summed E-state index contributed by atoms with van der Waals surface area (Å²) in [5.41, 5.74) is 0.477. The molecule has 0 radical (unpaired) electrons. The minimum atomic E-state index is 0.238. The molecule has 0 aliphatic carbocycles. The quantitative estimate of drug-likeness (QED) is 0.874. The van der Waals surface area contributed by atoms with Crippen molar-refractivity contribution < 1.29 is 0 Å². The molecule has 0 atom stereocenters. The third-order valence-corrected chi connectivity index (χ3v) is 4.51. The van der Waals surface area contributed by atoms with Crippen LogP contribution in [0, 0.1) is 0 Å². The average molecular weight is 266 g/mol. The van der Waals surface area contributed by atoms with E-state index in [1.807, 2.05) is 11.3 Å². The molecule has 0 unspecified atom stereocenters. The van der Waals surface area contributed by atoms with Gasteiger partial charge in [0.2, 0.25) is 0 Å². The van der Waals surface area contributed by atoms with Crippen LogP contribution >= 0.6 is 11.3 Å². The van der Waals surface area contributed by atoms with E-state index in [4.69, 9.17) is 0 Å². The van der Waals surface area contributed by atoms with Crippen molar-refractivity contribution in [1.82, 2.24) is 10.6 Å². The zero-order chi connectivity index (χ0) is 13.2. The van der Waals surface area contributed by atoms with Crippen LogP contribution in [0.1, 0.15) is 45.4 Å². The van der Waals surface area contributed by atoms with Gasteiger partial charge >= 0.3 is 0 Å². The zero-order valence-electron chi connectivity index (χ0n) is 12.0. The molecule has 1 fully saturated rings. The molecule has 3 heteroatoms. The van der Waals surface area contributed by atoms with Gasteiger partial charge in [0.25, 0.3) is 0 Å². The Morgan fingerprint density at radius 2 is 1.94 bits per heavy atom. The highest BCUT2D eigenvalue weighted by Gasteiger charge is 2.37. The number of rotatable bonds is 4. The molecule has 2 N–H and O–H groups in total. The van der Waals surface area contributed by atoms with E-state index in [0.717, 1.165) is 13.0 Å². The number of hydrogen-bond acceptors (Lipinski definition) is 3. The third-order valence-electron chi connectivity index (χ3n) is 3.57. The van der Waals surface area contributed by atoms with Gasteiger partial charge in [0, 0.05) is 28.5 Å². The molecule has 102 valence electrons. The predicted molar refractivity (Wildman–Crippen MR) is 80.3 cm³/mol. The molecule has 0 saturated carbocycles. The Hall–Kier alpha value is -0.380. The highest BCUT2D eigenvalue weighted by molar-refractivity contribution is 7.09. The highest BCUT2D eigenvalue weighted by atomic mass is 32.1. The summed E-state index contributed by atoms with van der Waals surface area (Å²) in [5, 5.41) is 9.62. The SMILES string of the molecule is CC1(C)CC(NCCc2cccs2)CC(C)(C)N1. The summed E-state index contributed by atoms with van der Waals surface area (Å²) in [4.78, 5) is 1.48. The monoisotopic (exact) mass is 266 g/mol. The summed E-state index contributed by atoms with van der Waals surface area (Å²) < 4.78 is 0. The first kappa shape index (κ1) is 14.0. The van der Waals surface area contributed by atoms with Crippen LogP contribution < -0.4 is 10.6 Å². The second-order valence-electron chi connectivity index (χ2n) is 6.78. The van der Waals surface area contributed by atoms with Crippen molar-refractivity contribution in [2.24, 2.45) is 0 Å². The van der Waals surface area contributed by atoms with E-state index in [2.05, 4.69) is 55.8 Å². The van der Waals surface area contributed by atoms with Crippen LogP contribution in [0.5, 0.6) is 0 Å². The lowest BCUT2D eigenvalue weighted by molar-refractivity contribution is 0.147. The maximum absolute atomic E-state index is 3.74. The van der Waals surface area contributed by atoms with Gasteiger partial charge in [-0.25, -0.2) is 0 Å². The molecule has 1 aliphatic rings. The molecule has 0 spiro atoms. The Morgan fingerprint density at radius 1 is 1.28 bits per heavy atom. The van der Waals surface area contributed by atoms with E-state index in [9.17, 15) is 0 Å². The Balaban J connectivity index is 1.82. The lowest BCUT2D eigenvalue weighted by Gasteiger charge is -2.46. The van der Waals surface area contributed by atoms with E-state index < -0.39 is 0 Å². The normalized spacial score (nSPS) is 23.1. The maximum atomic E-state index is 3.74. The van der Waals surface area contributed by atoms with Crippen LogP contribution in [-0.2, 0) is 6.42 Å². The van der Waals surface area contributed by atoms with Gasteiger partial charge in [0.15, 0.2) is 0 Å². The second-order valence-corrected chi connectivity index (χ2v) is 7.81. The number of piperidine rings is 1. The van der Waals surface area contributed by atoms with Crippen molar-refractivity contribution in [2.45, 2.75) is 64.1 Å².